The minimum atomic E-state index is 0.197. The maximum absolute atomic E-state index is 4.38. The van der Waals surface area contributed by atoms with Crippen molar-refractivity contribution < 1.29 is 0 Å². The van der Waals surface area contributed by atoms with Crippen molar-refractivity contribution in [3.8, 4) is 0 Å². The number of nitrogens with one attached hydrogen (secondary N) is 1. The second kappa shape index (κ2) is 5.52. The van der Waals surface area contributed by atoms with Crippen LogP contribution >= 0.6 is 0 Å². The predicted octanol–water partition coefficient (Wildman–Crippen LogP) is 3.20. The molecular weight excluding hydrogens is 262 g/mol. The van der Waals surface area contributed by atoms with Crippen LogP contribution in [0.5, 0.6) is 0 Å². The molecule has 0 saturated carbocycles. The lowest BCUT2D eigenvalue weighted by atomic mass is 10.1. The number of aryl methyl sites for hydroxylation is 1. The lowest BCUT2D eigenvalue weighted by Gasteiger charge is -2.22. The maximum atomic E-state index is 4.38. The fourth-order valence-electron chi connectivity index (χ4n) is 2.34. The summed E-state index contributed by atoms with van der Waals surface area (Å²) in [5.74, 6) is 0.865. The largest absolute Gasteiger partial charge is 0.365 e. The van der Waals surface area contributed by atoms with E-state index < -0.39 is 0 Å². The van der Waals surface area contributed by atoms with Crippen LogP contribution < -0.4 is 5.32 Å². The molecule has 0 aliphatic carbocycles. The van der Waals surface area contributed by atoms with Crippen LogP contribution in [0.3, 0.4) is 0 Å². The van der Waals surface area contributed by atoms with Crippen molar-refractivity contribution in [3.05, 3.63) is 48.5 Å². The summed E-state index contributed by atoms with van der Waals surface area (Å²) < 4.78 is 1.98. The van der Waals surface area contributed by atoms with Crippen molar-refractivity contribution in [2.24, 2.45) is 0 Å². The van der Waals surface area contributed by atoms with Crippen molar-refractivity contribution in [2.45, 2.75) is 32.9 Å². The highest BCUT2D eigenvalue weighted by Gasteiger charge is 2.16. The van der Waals surface area contributed by atoms with Gasteiger partial charge in [0.05, 0.1) is 17.8 Å². The SMILES string of the molecule is Cc1cnn([C@@H](C)[C@H](C)Nc2ncnc3ccccc23)c1. The highest BCUT2D eigenvalue weighted by atomic mass is 15.3. The third kappa shape index (κ3) is 2.72. The fraction of sp³-hybridized carbons (Fsp3) is 0.312. The van der Waals surface area contributed by atoms with Gasteiger partial charge in [-0.2, -0.15) is 5.10 Å². The third-order valence-corrected chi connectivity index (χ3v) is 3.78. The summed E-state index contributed by atoms with van der Waals surface area (Å²) in [6, 6.07) is 8.44. The molecule has 5 heteroatoms. The Bertz CT molecular complexity index is 744. The van der Waals surface area contributed by atoms with Gasteiger partial charge in [-0.1, -0.05) is 12.1 Å². The zero-order valence-electron chi connectivity index (χ0n) is 12.5. The average Bonchev–Trinajstić information content (AvgIpc) is 2.93. The van der Waals surface area contributed by atoms with E-state index in [0.29, 0.717) is 0 Å². The molecule has 1 aromatic carbocycles. The number of hydrogen-bond donors (Lipinski definition) is 1. The van der Waals surface area contributed by atoms with E-state index in [4.69, 9.17) is 0 Å². The lowest BCUT2D eigenvalue weighted by molar-refractivity contribution is 0.443. The molecule has 0 saturated heterocycles. The minimum Gasteiger partial charge on any atom is -0.365 e. The molecule has 3 aromatic rings. The van der Waals surface area contributed by atoms with Crippen LogP contribution in [0.15, 0.2) is 43.0 Å². The van der Waals surface area contributed by atoms with Crippen LogP contribution in [0.1, 0.15) is 25.5 Å². The van der Waals surface area contributed by atoms with Crippen LogP contribution in [0.25, 0.3) is 10.9 Å². The summed E-state index contributed by atoms with van der Waals surface area (Å²) in [5, 5.41) is 8.90. The number of nitrogens with zero attached hydrogens (tertiary/aromatic N) is 4. The molecule has 2 aromatic heterocycles. The molecular formula is C16H19N5. The van der Waals surface area contributed by atoms with E-state index in [1.54, 1.807) is 6.33 Å². The number of aromatic nitrogens is 4. The van der Waals surface area contributed by atoms with Crippen molar-refractivity contribution in [1.82, 2.24) is 19.7 Å². The van der Waals surface area contributed by atoms with Crippen LogP contribution in [0.4, 0.5) is 5.82 Å². The summed E-state index contributed by atoms with van der Waals surface area (Å²) in [7, 11) is 0. The van der Waals surface area contributed by atoms with Gasteiger partial charge in [0, 0.05) is 17.6 Å². The van der Waals surface area contributed by atoms with E-state index in [2.05, 4.69) is 40.4 Å². The molecule has 0 aliphatic heterocycles. The molecule has 2 atom stereocenters. The predicted molar refractivity (Wildman–Crippen MR) is 84.3 cm³/mol. The first-order chi connectivity index (χ1) is 10.1. The van der Waals surface area contributed by atoms with Crippen LogP contribution in [-0.4, -0.2) is 25.8 Å². The van der Waals surface area contributed by atoms with Gasteiger partial charge in [0.2, 0.25) is 0 Å². The summed E-state index contributed by atoms with van der Waals surface area (Å²) in [4.78, 5) is 8.66. The molecule has 0 aliphatic rings. The number of rotatable bonds is 4. The topological polar surface area (TPSA) is 55.6 Å². The molecule has 0 spiro atoms. The number of para-hydroxylation sites is 1. The molecule has 3 rings (SSSR count). The van der Waals surface area contributed by atoms with Crippen LogP contribution in [0, 0.1) is 6.92 Å². The molecule has 5 nitrogen and oxygen atoms in total. The highest BCUT2D eigenvalue weighted by Crippen LogP contribution is 2.21. The van der Waals surface area contributed by atoms with Crippen molar-refractivity contribution >= 4 is 16.7 Å². The van der Waals surface area contributed by atoms with E-state index in [1.807, 2.05) is 42.1 Å². The minimum absolute atomic E-state index is 0.197. The van der Waals surface area contributed by atoms with E-state index in [0.717, 1.165) is 16.7 Å². The molecule has 0 bridgehead atoms. The zero-order valence-corrected chi connectivity index (χ0v) is 12.5. The van der Waals surface area contributed by atoms with Gasteiger partial charge in [0.25, 0.3) is 0 Å². The van der Waals surface area contributed by atoms with E-state index >= 15 is 0 Å². The van der Waals surface area contributed by atoms with Gasteiger partial charge in [-0.05, 0) is 38.5 Å². The van der Waals surface area contributed by atoms with Gasteiger partial charge >= 0.3 is 0 Å². The molecule has 21 heavy (non-hydrogen) atoms. The Morgan fingerprint density at radius 2 is 1.95 bits per heavy atom. The molecule has 2 heterocycles. The van der Waals surface area contributed by atoms with Gasteiger partial charge in [-0.3, -0.25) is 4.68 Å². The number of fused-ring (bicyclic) bond motifs is 1. The van der Waals surface area contributed by atoms with Gasteiger partial charge in [-0.15, -0.1) is 0 Å². The summed E-state index contributed by atoms with van der Waals surface area (Å²) in [6.07, 6.45) is 5.53. The van der Waals surface area contributed by atoms with Crippen molar-refractivity contribution in [3.63, 3.8) is 0 Å². The van der Waals surface area contributed by atoms with Gasteiger partial charge in [0.15, 0.2) is 0 Å². The van der Waals surface area contributed by atoms with Crippen molar-refractivity contribution in [1.29, 1.82) is 0 Å². The Morgan fingerprint density at radius 3 is 2.71 bits per heavy atom. The molecule has 0 unspecified atom stereocenters. The number of hydrogen-bond acceptors (Lipinski definition) is 4. The second-order valence-electron chi connectivity index (χ2n) is 5.41. The molecule has 0 fully saturated rings. The first kappa shape index (κ1) is 13.5. The first-order valence-electron chi connectivity index (χ1n) is 7.12. The number of anilines is 1. The average molecular weight is 281 g/mol. The monoisotopic (exact) mass is 281 g/mol. The second-order valence-corrected chi connectivity index (χ2v) is 5.41. The highest BCUT2D eigenvalue weighted by molar-refractivity contribution is 5.88. The quantitative estimate of drug-likeness (QED) is 0.798. The third-order valence-electron chi connectivity index (χ3n) is 3.78. The normalized spacial score (nSPS) is 14.0. The molecule has 1 N–H and O–H groups in total. The Balaban J connectivity index is 1.84. The van der Waals surface area contributed by atoms with Gasteiger partial charge < -0.3 is 5.32 Å². The van der Waals surface area contributed by atoms with Crippen LogP contribution in [-0.2, 0) is 0 Å². The number of benzene rings is 1. The molecule has 108 valence electrons. The molecule has 0 radical (unpaired) electrons. The summed E-state index contributed by atoms with van der Waals surface area (Å²) in [5.41, 5.74) is 2.12. The lowest BCUT2D eigenvalue weighted by Crippen LogP contribution is -2.27. The van der Waals surface area contributed by atoms with E-state index in [1.165, 1.54) is 5.56 Å². The van der Waals surface area contributed by atoms with E-state index in [-0.39, 0.29) is 12.1 Å². The Hall–Kier alpha value is -2.43. The Labute approximate surface area is 124 Å². The smallest absolute Gasteiger partial charge is 0.137 e. The van der Waals surface area contributed by atoms with Crippen LogP contribution in [0.2, 0.25) is 0 Å². The molecule has 0 amide bonds. The van der Waals surface area contributed by atoms with E-state index in [9.17, 15) is 0 Å². The zero-order chi connectivity index (χ0) is 14.8. The van der Waals surface area contributed by atoms with Gasteiger partial charge in [0.1, 0.15) is 12.1 Å². The Kier molecular flexibility index (Phi) is 3.56. The summed E-state index contributed by atoms with van der Waals surface area (Å²) >= 11 is 0. The maximum Gasteiger partial charge on any atom is 0.137 e. The summed E-state index contributed by atoms with van der Waals surface area (Å²) in [6.45, 7) is 6.33. The fourth-order valence-corrected chi connectivity index (χ4v) is 2.34. The first-order valence-corrected chi connectivity index (χ1v) is 7.12. The Morgan fingerprint density at radius 1 is 1.14 bits per heavy atom. The van der Waals surface area contributed by atoms with Gasteiger partial charge in [-0.25, -0.2) is 9.97 Å². The van der Waals surface area contributed by atoms with Crippen molar-refractivity contribution in [2.75, 3.05) is 5.32 Å². The standard InChI is InChI=1S/C16H19N5/c1-11-8-19-21(9-11)13(3)12(2)20-16-14-6-4-5-7-15(14)17-10-18-16/h4-10,12-13H,1-3H3,(H,17,18,20)/t12-,13-/m0/s1.